The number of likely N-dealkylation sites (tertiary alicyclic amines) is 1. The van der Waals surface area contributed by atoms with Gasteiger partial charge in [0.25, 0.3) is 0 Å². The van der Waals surface area contributed by atoms with Gasteiger partial charge in [-0.1, -0.05) is 30.3 Å². The molecule has 5 heteroatoms. The standard InChI is InChI=1S/C20H26N2O3/c23-19(17-8-4-5-9-18(17)20(24)25)21-16-10-12-22(13-11-16)14-15-6-2-1-3-7-15/h1-3,6-7,16H,4-5,8-14H2,(H,21,23)(H,24,25). The molecule has 0 atom stereocenters. The van der Waals surface area contributed by atoms with Crippen molar-refractivity contribution in [2.24, 2.45) is 0 Å². The summed E-state index contributed by atoms with van der Waals surface area (Å²) >= 11 is 0. The Morgan fingerprint density at radius 1 is 1.04 bits per heavy atom. The minimum absolute atomic E-state index is 0.143. The molecule has 0 aromatic heterocycles. The number of nitrogens with zero attached hydrogens (tertiary/aromatic N) is 1. The molecule has 0 spiro atoms. The third kappa shape index (κ3) is 4.69. The second-order valence-corrected chi connectivity index (χ2v) is 6.98. The van der Waals surface area contributed by atoms with Gasteiger partial charge in [-0.15, -0.1) is 0 Å². The number of carbonyl (C=O) groups excluding carboxylic acids is 1. The van der Waals surface area contributed by atoms with E-state index in [0.29, 0.717) is 24.0 Å². The molecule has 5 nitrogen and oxygen atoms in total. The summed E-state index contributed by atoms with van der Waals surface area (Å²) in [6.45, 7) is 2.84. The summed E-state index contributed by atoms with van der Waals surface area (Å²) in [7, 11) is 0. The number of hydrogen-bond acceptors (Lipinski definition) is 3. The number of carboxylic acid groups (broad SMARTS) is 1. The average molecular weight is 342 g/mol. The molecular weight excluding hydrogens is 316 g/mol. The normalized spacial score (nSPS) is 19.7. The lowest BCUT2D eigenvalue weighted by Crippen LogP contribution is -2.45. The van der Waals surface area contributed by atoms with Gasteiger partial charge in [-0.3, -0.25) is 9.69 Å². The van der Waals surface area contributed by atoms with E-state index in [4.69, 9.17) is 0 Å². The molecule has 1 aliphatic carbocycles. The highest BCUT2D eigenvalue weighted by Crippen LogP contribution is 2.25. The van der Waals surface area contributed by atoms with Crippen LogP contribution in [0.3, 0.4) is 0 Å². The molecule has 0 bridgehead atoms. The predicted molar refractivity (Wildman–Crippen MR) is 96.0 cm³/mol. The van der Waals surface area contributed by atoms with Gasteiger partial charge >= 0.3 is 5.97 Å². The number of rotatable bonds is 5. The first-order valence-corrected chi connectivity index (χ1v) is 9.16. The van der Waals surface area contributed by atoms with Crippen molar-refractivity contribution in [1.29, 1.82) is 0 Å². The Balaban J connectivity index is 1.52. The molecule has 25 heavy (non-hydrogen) atoms. The van der Waals surface area contributed by atoms with E-state index in [1.54, 1.807) is 0 Å². The number of benzene rings is 1. The van der Waals surface area contributed by atoms with Crippen LogP contribution in [0.1, 0.15) is 44.1 Å². The van der Waals surface area contributed by atoms with Crippen LogP contribution in [0.5, 0.6) is 0 Å². The fourth-order valence-corrected chi connectivity index (χ4v) is 3.74. The van der Waals surface area contributed by atoms with E-state index in [1.165, 1.54) is 5.56 Å². The first kappa shape index (κ1) is 17.7. The lowest BCUT2D eigenvalue weighted by atomic mass is 9.90. The number of carbonyl (C=O) groups is 2. The van der Waals surface area contributed by atoms with Crippen LogP contribution in [0.4, 0.5) is 0 Å². The molecule has 1 amide bonds. The second-order valence-electron chi connectivity index (χ2n) is 6.98. The lowest BCUT2D eigenvalue weighted by molar-refractivity contribution is -0.133. The van der Waals surface area contributed by atoms with Gasteiger partial charge in [-0.25, -0.2) is 4.79 Å². The van der Waals surface area contributed by atoms with Crippen molar-refractivity contribution in [3.05, 3.63) is 47.0 Å². The molecule has 1 aromatic carbocycles. The van der Waals surface area contributed by atoms with E-state index in [0.717, 1.165) is 45.3 Å². The fourth-order valence-electron chi connectivity index (χ4n) is 3.74. The third-order valence-electron chi connectivity index (χ3n) is 5.17. The van der Waals surface area contributed by atoms with Gasteiger partial charge in [0.2, 0.25) is 5.91 Å². The van der Waals surface area contributed by atoms with Crippen LogP contribution >= 0.6 is 0 Å². The number of aliphatic carboxylic acids is 1. The molecule has 3 rings (SSSR count). The quantitative estimate of drug-likeness (QED) is 0.863. The van der Waals surface area contributed by atoms with Crippen molar-refractivity contribution >= 4 is 11.9 Å². The van der Waals surface area contributed by atoms with Crippen molar-refractivity contribution in [3.63, 3.8) is 0 Å². The zero-order valence-electron chi connectivity index (χ0n) is 14.5. The second kappa shape index (κ2) is 8.30. The minimum Gasteiger partial charge on any atom is -0.478 e. The number of nitrogens with one attached hydrogen (secondary N) is 1. The molecular formula is C20H26N2O3. The summed E-state index contributed by atoms with van der Waals surface area (Å²) in [5, 5.41) is 12.4. The smallest absolute Gasteiger partial charge is 0.332 e. The Hall–Kier alpha value is -2.14. The number of amides is 1. The highest BCUT2D eigenvalue weighted by molar-refractivity contribution is 6.02. The van der Waals surface area contributed by atoms with Gasteiger partial charge in [0.15, 0.2) is 0 Å². The minimum atomic E-state index is -0.942. The molecule has 1 aliphatic heterocycles. The highest BCUT2D eigenvalue weighted by atomic mass is 16.4. The average Bonchev–Trinajstić information content (AvgIpc) is 2.64. The van der Waals surface area contributed by atoms with Crippen LogP contribution in [0.2, 0.25) is 0 Å². The maximum atomic E-state index is 12.5. The molecule has 2 aliphatic rings. The first-order valence-electron chi connectivity index (χ1n) is 9.16. The predicted octanol–water partition coefficient (Wildman–Crippen LogP) is 2.72. The van der Waals surface area contributed by atoms with Gasteiger partial charge in [0, 0.05) is 36.8 Å². The maximum Gasteiger partial charge on any atom is 0.332 e. The summed E-state index contributed by atoms with van der Waals surface area (Å²) < 4.78 is 0. The molecule has 1 aromatic rings. The Morgan fingerprint density at radius 2 is 1.68 bits per heavy atom. The Labute approximate surface area is 148 Å². The van der Waals surface area contributed by atoms with Crippen LogP contribution in [0.15, 0.2) is 41.5 Å². The highest BCUT2D eigenvalue weighted by Gasteiger charge is 2.26. The zero-order chi connectivity index (χ0) is 17.6. The topological polar surface area (TPSA) is 69.6 Å². The Morgan fingerprint density at radius 3 is 2.32 bits per heavy atom. The van der Waals surface area contributed by atoms with E-state index in [2.05, 4.69) is 34.5 Å². The van der Waals surface area contributed by atoms with Crippen molar-refractivity contribution in [2.75, 3.05) is 13.1 Å². The first-order chi connectivity index (χ1) is 12.1. The maximum absolute atomic E-state index is 12.5. The molecule has 1 fully saturated rings. The fraction of sp³-hybridized carbons (Fsp3) is 0.500. The van der Waals surface area contributed by atoms with Crippen molar-refractivity contribution in [1.82, 2.24) is 10.2 Å². The van der Waals surface area contributed by atoms with Crippen LogP contribution in [-0.2, 0) is 16.1 Å². The summed E-state index contributed by atoms with van der Waals surface area (Å²) in [6.07, 6.45) is 4.67. The Bertz CT molecular complexity index is 646. The molecule has 0 saturated carbocycles. The van der Waals surface area contributed by atoms with E-state index < -0.39 is 5.97 Å². The van der Waals surface area contributed by atoms with Crippen LogP contribution < -0.4 is 5.32 Å². The Kier molecular flexibility index (Phi) is 5.87. The monoisotopic (exact) mass is 342 g/mol. The molecule has 0 unspecified atom stereocenters. The summed E-state index contributed by atoms with van der Waals surface area (Å²) in [4.78, 5) is 26.2. The third-order valence-corrected chi connectivity index (χ3v) is 5.17. The van der Waals surface area contributed by atoms with Gasteiger partial charge in [-0.05, 0) is 44.1 Å². The SMILES string of the molecule is O=C(O)C1=C(C(=O)NC2CCN(Cc3ccccc3)CC2)CCCC1. The summed E-state index contributed by atoms with van der Waals surface area (Å²) in [6, 6.07) is 10.6. The van der Waals surface area contributed by atoms with E-state index in [9.17, 15) is 14.7 Å². The van der Waals surface area contributed by atoms with Gasteiger partial charge < -0.3 is 10.4 Å². The van der Waals surface area contributed by atoms with Crippen molar-refractivity contribution < 1.29 is 14.7 Å². The molecule has 2 N–H and O–H groups in total. The number of hydrogen-bond donors (Lipinski definition) is 2. The van der Waals surface area contributed by atoms with Gasteiger partial charge in [0.05, 0.1) is 0 Å². The molecule has 1 saturated heterocycles. The number of piperidine rings is 1. The zero-order valence-corrected chi connectivity index (χ0v) is 14.5. The summed E-state index contributed by atoms with van der Waals surface area (Å²) in [5.74, 6) is -1.11. The largest absolute Gasteiger partial charge is 0.478 e. The van der Waals surface area contributed by atoms with Crippen molar-refractivity contribution in [3.8, 4) is 0 Å². The van der Waals surface area contributed by atoms with Crippen LogP contribution in [0.25, 0.3) is 0 Å². The van der Waals surface area contributed by atoms with E-state index in [-0.39, 0.29) is 11.9 Å². The van der Waals surface area contributed by atoms with Gasteiger partial charge in [0.1, 0.15) is 0 Å². The van der Waals surface area contributed by atoms with Crippen molar-refractivity contribution in [2.45, 2.75) is 51.1 Å². The molecule has 0 radical (unpaired) electrons. The van der Waals surface area contributed by atoms with E-state index in [1.807, 2.05) is 6.07 Å². The van der Waals surface area contributed by atoms with E-state index >= 15 is 0 Å². The summed E-state index contributed by atoms with van der Waals surface area (Å²) in [5.41, 5.74) is 2.11. The van der Waals surface area contributed by atoms with Crippen LogP contribution in [0, 0.1) is 0 Å². The molecule has 1 heterocycles. The van der Waals surface area contributed by atoms with Gasteiger partial charge in [-0.2, -0.15) is 0 Å². The lowest BCUT2D eigenvalue weighted by Gasteiger charge is -2.32. The van der Waals surface area contributed by atoms with Crippen LogP contribution in [-0.4, -0.2) is 41.0 Å². The molecule has 134 valence electrons. The number of carboxylic acids is 1.